The highest BCUT2D eigenvalue weighted by molar-refractivity contribution is 5.98. The van der Waals surface area contributed by atoms with Crippen LogP contribution in [-0.2, 0) is 4.79 Å². The fraction of sp³-hybridized carbons (Fsp3) is 0.643. The summed E-state index contributed by atoms with van der Waals surface area (Å²) < 4.78 is 5.15. The van der Waals surface area contributed by atoms with Gasteiger partial charge in [0.05, 0.1) is 5.69 Å². The van der Waals surface area contributed by atoms with Gasteiger partial charge in [-0.1, -0.05) is 39.3 Å². The molecule has 6 heteroatoms. The van der Waals surface area contributed by atoms with Crippen molar-refractivity contribution in [1.29, 1.82) is 0 Å². The van der Waals surface area contributed by atoms with Crippen LogP contribution in [0.1, 0.15) is 61.8 Å². The SMILES string of the molecule is CCC(C)C(NC(=O)c1c(C)noc1C(C)C)C(=O)O. The van der Waals surface area contributed by atoms with Crippen molar-refractivity contribution < 1.29 is 19.2 Å². The number of hydrogen-bond acceptors (Lipinski definition) is 4. The van der Waals surface area contributed by atoms with Gasteiger partial charge < -0.3 is 14.9 Å². The lowest BCUT2D eigenvalue weighted by Gasteiger charge is -2.20. The molecule has 0 bridgehead atoms. The molecule has 1 aromatic rings. The average molecular weight is 282 g/mol. The van der Waals surface area contributed by atoms with E-state index >= 15 is 0 Å². The monoisotopic (exact) mass is 282 g/mol. The number of rotatable bonds is 6. The minimum Gasteiger partial charge on any atom is -0.480 e. The van der Waals surface area contributed by atoms with Crippen LogP contribution >= 0.6 is 0 Å². The third-order valence-electron chi connectivity index (χ3n) is 3.41. The van der Waals surface area contributed by atoms with E-state index in [9.17, 15) is 14.7 Å². The molecule has 2 unspecified atom stereocenters. The molecule has 0 aliphatic rings. The van der Waals surface area contributed by atoms with E-state index in [4.69, 9.17) is 4.52 Å². The summed E-state index contributed by atoms with van der Waals surface area (Å²) >= 11 is 0. The van der Waals surface area contributed by atoms with Gasteiger partial charge >= 0.3 is 5.97 Å². The Kier molecular flexibility index (Phi) is 5.30. The fourth-order valence-corrected chi connectivity index (χ4v) is 1.95. The van der Waals surface area contributed by atoms with Crippen molar-refractivity contribution in [2.45, 2.75) is 53.0 Å². The van der Waals surface area contributed by atoms with Crippen LogP contribution in [0.25, 0.3) is 0 Å². The third-order valence-corrected chi connectivity index (χ3v) is 3.41. The van der Waals surface area contributed by atoms with E-state index < -0.39 is 17.9 Å². The maximum absolute atomic E-state index is 12.3. The van der Waals surface area contributed by atoms with Crippen molar-refractivity contribution in [1.82, 2.24) is 10.5 Å². The molecule has 1 heterocycles. The Morgan fingerprint density at radius 3 is 2.40 bits per heavy atom. The topological polar surface area (TPSA) is 92.4 Å². The van der Waals surface area contributed by atoms with E-state index in [-0.39, 0.29) is 11.8 Å². The fourth-order valence-electron chi connectivity index (χ4n) is 1.95. The molecule has 112 valence electrons. The van der Waals surface area contributed by atoms with Crippen molar-refractivity contribution in [3.63, 3.8) is 0 Å². The number of carboxylic acid groups (broad SMARTS) is 1. The number of aliphatic carboxylic acids is 1. The lowest BCUT2D eigenvalue weighted by atomic mass is 9.98. The molecular formula is C14H22N2O4. The van der Waals surface area contributed by atoms with Crippen molar-refractivity contribution in [2.75, 3.05) is 0 Å². The normalized spacial score (nSPS) is 14.1. The van der Waals surface area contributed by atoms with Gasteiger partial charge in [0, 0.05) is 5.92 Å². The van der Waals surface area contributed by atoms with Crippen LogP contribution < -0.4 is 5.32 Å². The Morgan fingerprint density at radius 1 is 1.35 bits per heavy atom. The summed E-state index contributed by atoms with van der Waals surface area (Å²) in [6.07, 6.45) is 0.664. The van der Waals surface area contributed by atoms with Gasteiger partial charge in [-0.15, -0.1) is 0 Å². The molecule has 1 amide bonds. The second kappa shape index (κ2) is 6.54. The zero-order chi connectivity index (χ0) is 15.4. The number of carbonyl (C=O) groups excluding carboxylic acids is 1. The Bertz CT molecular complexity index is 493. The predicted octanol–water partition coefficient (Wildman–Crippen LogP) is 2.34. The second-order valence-electron chi connectivity index (χ2n) is 5.34. The quantitative estimate of drug-likeness (QED) is 0.835. The number of nitrogens with one attached hydrogen (secondary N) is 1. The summed E-state index contributed by atoms with van der Waals surface area (Å²) in [6.45, 7) is 9.13. The van der Waals surface area contributed by atoms with Gasteiger partial charge in [0.1, 0.15) is 11.6 Å². The van der Waals surface area contributed by atoms with E-state index in [2.05, 4.69) is 10.5 Å². The van der Waals surface area contributed by atoms with Crippen molar-refractivity contribution >= 4 is 11.9 Å². The van der Waals surface area contributed by atoms with Gasteiger partial charge in [-0.05, 0) is 12.8 Å². The highest BCUT2D eigenvalue weighted by atomic mass is 16.5. The molecule has 0 aliphatic heterocycles. The molecule has 0 aromatic carbocycles. The minimum atomic E-state index is -1.03. The van der Waals surface area contributed by atoms with E-state index in [0.717, 1.165) is 0 Å². The average Bonchev–Trinajstić information content (AvgIpc) is 2.76. The Hall–Kier alpha value is -1.85. The molecule has 0 saturated carbocycles. The maximum atomic E-state index is 12.3. The lowest BCUT2D eigenvalue weighted by Crippen LogP contribution is -2.45. The van der Waals surface area contributed by atoms with Gasteiger partial charge in [-0.25, -0.2) is 4.79 Å². The number of carbonyl (C=O) groups is 2. The van der Waals surface area contributed by atoms with Gasteiger partial charge in [0.25, 0.3) is 5.91 Å². The predicted molar refractivity (Wildman–Crippen MR) is 73.7 cm³/mol. The van der Waals surface area contributed by atoms with E-state index in [1.807, 2.05) is 20.8 Å². The largest absolute Gasteiger partial charge is 0.480 e. The molecule has 6 nitrogen and oxygen atoms in total. The summed E-state index contributed by atoms with van der Waals surface area (Å²) in [5.41, 5.74) is 0.814. The molecule has 1 rings (SSSR count). The first-order valence-electron chi connectivity index (χ1n) is 6.79. The number of aromatic nitrogens is 1. The smallest absolute Gasteiger partial charge is 0.326 e. The minimum absolute atomic E-state index is 0.00354. The van der Waals surface area contributed by atoms with Gasteiger partial charge in [-0.2, -0.15) is 0 Å². The van der Waals surface area contributed by atoms with Crippen LogP contribution in [0.5, 0.6) is 0 Å². The maximum Gasteiger partial charge on any atom is 0.326 e. The summed E-state index contributed by atoms with van der Waals surface area (Å²) in [6, 6.07) is -0.915. The summed E-state index contributed by atoms with van der Waals surface area (Å²) in [5, 5.41) is 15.6. The highest BCUT2D eigenvalue weighted by Crippen LogP contribution is 2.22. The van der Waals surface area contributed by atoms with Crippen molar-refractivity contribution in [3.8, 4) is 0 Å². The molecule has 0 aliphatic carbocycles. The number of aryl methyl sites for hydroxylation is 1. The first-order chi connectivity index (χ1) is 9.29. The molecule has 0 saturated heterocycles. The Morgan fingerprint density at radius 2 is 1.95 bits per heavy atom. The summed E-state index contributed by atoms with van der Waals surface area (Å²) in [5.74, 6) is -1.15. The van der Waals surface area contributed by atoms with Gasteiger partial charge in [-0.3, -0.25) is 4.79 Å². The summed E-state index contributed by atoms with van der Waals surface area (Å²) in [7, 11) is 0. The van der Waals surface area contributed by atoms with Crippen molar-refractivity contribution in [2.24, 2.45) is 5.92 Å². The van der Waals surface area contributed by atoms with E-state index in [0.29, 0.717) is 23.4 Å². The van der Waals surface area contributed by atoms with Crippen LogP contribution in [0.4, 0.5) is 0 Å². The lowest BCUT2D eigenvalue weighted by molar-refractivity contribution is -0.140. The molecule has 20 heavy (non-hydrogen) atoms. The third kappa shape index (κ3) is 3.37. The Balaban J connectivity index is 3.01. The highest BCUT2D eigenvalue weighted by Gasteiger charge is 2.29. The molecule has 1 aromatic heterocycles. The standard InChI is InChI=1S/C14H22N2O4/c1-6-8(4)11(14(18)19)15-13(17)10-9(5)16-20-12(10)7(2)3/h7-8,11H,6H2,1-5H3,(H,15,17)(H,18,19). The van der Waals surface area contributed by atoms with Gasteiger partial charge in [0.15, 0.2) is 5.76 Å². The number of carboxylic acids is 1. The molecule has 2 atom stereocenters. The molecule has 0 spiro atoms. The number of hydrogen-bond donors (Lipinski definition) is 2. The molecule has 0 fully saturated rings. The first-order valence-corrected chi connectivity index (χ1v) is 6.79. The number of amides is 1. The van der Waals surface area contributed by atoms with Crippen LogP contribution in [0.2, 0.25) is 0 Å². The molecule has 0 radical (unpaired) electrons. The molecular weight excluding hydrogens is 260 g/mol. The van der Waals surface area contributed by atoms with Gasteiger partial charge in [0.2, 0.25) is 0 Å². The van der Waals surface area contributed by atoms with Crippen LogP contribution in [0, 0.1) is 12.8 Å². The zero-order valence-electron chi connectivity index (χ0n) is 12.6. The second-order valence-corrected chi connectivity index (χ2v) is 5.34. The zero-order valence-corrected chi connectivity index (χ0v) is 12.6. The van der Waals surface area contributed by atoms with Crippen LogP contribution in [0.3, 0.4) is 0 Å². The number of nitrogens with zero attached hydrogens (tertiary/aromatic N) is 1. The first kappa shape index (κ1) is 16.2. The van der Waals surface area contributed by atoms with Crippen LogP contribution in [-0.4, -0.2) is 28.2 Å². The molecule has 2 N–H and O–H groups in total. The van der Waals surface area contributed by atoms with Crippen molar-refractivity contribution in [3.05, 3.63) is 17.0 Å². The van der Waals surface area contributed by atoms with Crippen LogP contribution in [0.15, 0.2) is 4.52 Å². The van der Waals surface area contributed by atoms with E-state index in [1.165, 1.54) is 0 Å². The Labute approximate surface area is 118 Å². The van der Waals surface area contributed by atoms with E-state index in [1.54, 1.807) is 13.8 Å². The summed E-state index contributed by atoms with van der Waals surface area (Å²) in [4.78, 5) is 23.6.